The molecule has 2 rings (SSSR count). The highest BCUT2D eigenvalue weighted by Gasteiger charge is 2.24. The van der Waals surface area contributed by atoms with Gasteiger partial charge in [0.15, 0.2) is 0 Å². The number of Topliss-reactive ketones (excluding diaryl/α,β-unsaturated/α-hetero) is 1. The number of carbonyl (C=O) groups is 2. The van der Waals surface area contributed by atoms with E-state index in [0.717, 1.165) is 0 Å². The van der Waals surface area contributed by atoms with Crippen LogP contribution in [0.3, 0.4) is 0 Å². The van der Waals surface area contributed by atoms with Gasteiger partial charge in [0.2, 0.25) is 5.78 Å². The van der Waals surface area contributed by atoms with E-state index < -0.39 is 11.8 Å². The number of H-pyrrole nitrogens is 1. The Bertz CT molecular complexity index is 932. The SMILES string of the molecule is CCOC(=O)c1c(C)[nH]c(C(=O)/C(C#N)=C/c2cccc(OCC)c2)c1C. The van der Waals surface area contributed by atoms with Crippen molar-refractivity contribution in [2.24, 2.45) is 0 Å². The van der Waals surface area contributed by atoms with Crippen molar-refractivity contribution >= 4 is 17.8 Å². The zero-order valence-electron chi connectivity index (χ0n) is 15.9. The minimum absolute atomic E-state index is 0.0385. The molecule has 0 aliphatic carbocycles. The number of nitrogens with zero attached hydrogens (tertiary/aromatic N) is 1. The van der Waals surface area contributed by atoms with Gasteiger partial charge in [-0.15, -0.1) is 0 Å². The third-order valence-corrected chi connectivity index (χ3v) is 3.99. The number of ketones is 1. The van der Waals surface area contributed by atoms with Crippen molar-refractivity contribution in [3.8, 4) is 11.8 Å². The molecule has 27 heavy (non-hydrogen) atoms. The maximum atomic E-state index is 12.9. The van der Waals surface area contributed by atoms with E-state index in [1.54, 1.807) is 45.0 Å². The van der Waals surface area contributed by atoms with Crippen molar-refractivity contribution in [3.05, 3.63) is 57.9 Å². The molecule has 0 amide bonds. The maximum Gasteiger partial charge on any atom is 0.340 e. The molecule has 0 unspecified atom stereocenters. The summed E-state index contributed by atoms with van der Waals surface area (Å²) >= 11 is 0. The first-order valence-corrected chi connectivity index (χ1v) is 8.68. The molecule has 2 aromatic rings. The van der Waals surface area contributed by atoms with Crippen LogP contribution in [-0.2, 0) is 4.74 Å². The van der Waals surface area contributed by atoms with E-state index in [4.69, 9.17) is 9.47 Å². The lowest BCUT2D eigenvalue weighted by molar-refractivity contribution is 0.0525. The Morgan fingerprint density at radius 2 is 1.96 bits per heavy atom. The Morgan fingerprint density at radius 1 is 1.22 bits per heavy atom. The number of nitrogens with one attached hydrogen (secondary N) is 1. The number of ether oxygens (including phenoxy) is 2. The predicted octanol–water partition coefficient (Wildman–Crippen LogP) is 4.00. The highest BCUT2D eigenvalue weighted by atomic mass is 16.5. The number of aromatic amines is 1. The Balaban J connectivity index is 2.41. The summed E-state index contributed by atoms with van der Waals surface area (Å²) in [6.07, 6.45) is 1.50. The third kappa shape index (κ3) is 4.45. The van der Waals surface area contributed by atoms with Crippen LogP contribution >= 0.6 is 0 Å². The summed E-state index contributed by atoms with van der Waals surface area (Å²) < 4.78 is 10.5. The Labute approximate surface area is 158 Å². The second kappa shape index (κ2) is 8.86. The van der Waals surface area contributed by atoms with Crippen LogP contribution in [0.1, 0.15) is 51.5 Å². The summed E-state index contributed by atoms with van der Waals surface area (Å²) in [5, 5.41) is 9.48. The fourth-order valence-corrected chi connectivity index (χ4v) is 2.80. The molecule has 0 radical (unpaired) electrons. The van der Waals surface area contributed by atoms with E-state index >= 15 is 0 Å². The fraction of sp³-hybridized carbons (Fsp3) is 0.286. The summed E-state index contributed by atoms with van der Waals surface area (Å²) in [7, 11) is 0. The summed E-state index contributed by atoms with van der Waals surface area (Å²) in [6.45, 7) is 7.71. The van der Waals surface area contributed by atoms with E-state index in [1.165, 1.54) is 6.08 Å². The molecule has 6 nitrogen and oxygen atoms in total. The van der Waals surface area contributed by atoms with Crippen LogP contribution in [0.5, 0.6) is 5.75 Å². The van der Waals surface area contributed by atoms with Crippen LogP contribution < -0.4 is 4.74 Å². The van der Waals surface area contributed by atoms with Crippen LogP contribution in [-0.4, -0.2) is 30.0 Å². The summed E-state index contributed by atoms with van der Waals surface area (Å²) in [5.41, 5.74) is 2.19. The van der Waals surface area contributed by atoms with Gasteiger partial charge in [0.05, 0.1) is 24.5 Å². The zero-order chi connectivity index (χ0) is 20.0. The van der Waals surface area contributed by atoms with Gasteiger partial charge in [0.25, 0.3) is 0 Å². The van der Waals surface area contributed by atoms with Gasteiger partial charge in [-0.1, -0.05) is 12.1 Å². The first kappa shape index (κ1) is 20.0. The molecule has 1 heterocycles. The van der Waals surface area contributed by atoms with Crippen molar-refractivity contribution < 1.29 is 19.1 Å². The van der Waals surface area contributed by atoms with Gasteiger partial charge in [-0.25, -0.2) is 4.79 Å². The molecule has 0 saturated carbocycles. The predicted molar refractivity (Wildman–Crippen MR) is 102 cm³/mol. The van der Waals surface area contributed by atoms with E-state index in [-0.39, 0.29) is 17.9 Å². The zero-order valence-corrected chi connectivity index (χ0v) is 15.9. The standard InChI is InChI=1S/C21H22N2O4/c1-5-26-17-9-7-8-15(11-17)10-16(12-22)20(24)19-13(3)18(14(4)23-19)21(25)27-6-2/h7-11,23H,5-6H2,1-4H3/b16-10+. The van der Waals surface area contributed by atoms with Gasteiger partial charge in [0.1, 0.15) is 17.4 Å². The number of carbonyl (C=O) groups excluding carboxylic acids is 2. The lowest BCUT2D eigenvalue weighted by Gasteiger charge is -2.04. The topological polar surface area (TPSA) is 92.2 Å². The smallest absolute Gasteiger partial charge is 0.340 e. The van der Waals surface area contributed by atoms with Gasteiger partial charge in [-0.2, -0.15) is 5.26 Å². The van der Waals surface area contributed by atoms with Crippen molar-refractivity contribution in [2.45, 2.75) is 27.7 Å². The van der Waals surface area contributed by atoms with E-state index in [2.05, 4.69) is 4.98 Å². The number of hydrogen-bond acceptors (Lipinski definition) is 5. The molecule has 140 valence electrons. The maximum absolute atomic E-state index is 12.9. The highest BCUT2D eigenvalue weighted by Crippen LogP contribution is 2.23. The van der Waals surface area contributed by atoms with Crippen LogP contribution in [0.4, 0.5) is 0 Å². The Kier molecular flexibility index (Phi) is 6.56. The van der Waals surface area contributed by atoms with Crippen LogP contribution in [0.25, 0.3) is 6.08 Å². The monoisotopic (exact) mass is 366 g/mol. The van der Waals surface area contributed by atoms with E-state index in [1.807, 2.05) is 13.0 Å². The molecular formula is C21H22N2O4. The minimum atomic E-state index is -0.491. The number of benzene rings is 1. The number of aromatic nitrogens is 1. The van der Waals surface area contributed by atoms with Crippen molar-refractivity contribution in [1.29, 1.82) is 5.26 Å². The Morgan fingerprint density at radius 3 is 2.59 bits per heavy atom. The number of nitriles is 1. The Hall–Kier alpha value is -3.33. The van der Waals surface area contributed by atoms with E-state index in [0.29, 0.717) is 34.7 Å². The lowest BCUT2D eigenvalue weighted by Crippen LogP contribution is -2.08. The van der Waals surface area contributed by atoms with Crippen molar-refractivity contribution in [3.63, 3.8) is 0 Å². The normalized spacial score (nSPS) is 11.0. The molecule has 6 heteroatoms. The third-order valence-electron chi connectivity index (χ3n) is 3.99. The molecule has 0 spiro atoms. The fourth-order valence-electron chi connectivity index (χ4n) is 2.80. The highest BCUT2D eigenvalue weighted by molar-refractivity contribution is 6.15. The number of aryl methyl sites for hydroxylation is 1. The number of rotatable bonds is 7. The minimum Gasteiger partial charge on any atom is -0.494 e. The average Bonchev–Trinajstić information content (AvgIpc) is 2.94. The largest absolute Gasteiger partial charge is 0.494 e. The molecular weight excluding hydrogens is 344 g/mol. The second-order valence-electron chi connectivity index (χ2n) is 5.85. The number of hydrogen-bond donors (Lipinski definition) is 1. The van der Waals surface area contributed by atoms with Crippen molar-refractivity contribution in [1.82, 2.24) is 4.98 Å². The molecule has 1 aromatic heterocycles. The molecule has 0 saturated heterocycles. The first-order valence-electron chi connectivity index (χ1n) is 8.68. The van der Waals surface area contributed by atoms with Crippen LogP contribution in [0, 0.1) is 25.2 Å². The van der Waals surface area contributed by atoms with Gasteiger partial charge in [0, 0.05) is 5.69 Å². The molecule has 1 N–H and O–H groups in total. The number of esters is 1. The van der Waals surface area contributed by atoms with Crippen LogP contribution in [0.2, 0.25) is 0 Å². The molecule has 0 fully saturated rings. The molecule has 0 aliphatic heterocycles. The van der Waals surface area contributed by atoms with Crippen molar-refractivity contribution in [2.75, 3.05) is 13.2 Å². The number of allylic oxidation sites excluding steroid dienone is 1. The molecule has 0 bridgehead atoms. The second-order valence-corrected chi connectivity index (χ2v) is 5.85. The van der Waals surface area contributed by atoms with Gasteiger partial charge in [-0.3, -0.25) is 4.79 Å². The molecule has 1 aromatic carbocycles. The molecule has 0 atom stereocenters. The molecule has 0 aliphatic rings. The van der Waals surface area contributed by atoms with Gasteiger partial charge < -0.3 is 14.5 Å². The lowest BCUT2D eigenvalue weighted by atomic mass is 10.0. The average molecular weight is 366 g/mol. The summed E-state index contributed by atoms with van der Waals surface area (Å²) in [6, 6.07) is 9.08. The first-order chi connectivity index (χ1) is 12.9. The summed E-state index contributed by atoms with van der Waals surface area (Å²) in [4.78, 5) is 27.9. The van der Waals surface area contributed by atoms with Gasteiger partial charge >= 0.3 is 5.97 Å². The van der Waals surface area contributed by atoms with E-state index in [9.17, 15) is 14.9 Å². The van der Waals surface area contributed by atoms with Gasteiger partial charge in [-0.05, 0) is 57.0 Å². The summed E-state index contributed by atoms with van der Waals surface area (Å²) in [5.74, 6) is -0.308. The van der Waals surface area contributed by atoms with Crippen LogP contribution in [0.15, 0.2) is 29.8 Å². The quantitative estimate of drug-likeness (QED) is 0.346.